The van der Waals surface area contributed by atoms with Gasteiger partial charge in [-0.1, -0.05) is 11.6 Å². The summed E-state index contributed by atoms with van der Waals surface area (Å²) in [6, 6.07) is 2.45. The minimum absolute atomic E-state index is 0.128. The number of halogens is 3. The summed E-state index contributed by atoms with van der Waals surface area (Å²) < 4.78 is 47.9. The molecule has 15 heavy (non-hydrogen) atoms. The Kier molecular flexibility index (Phi) is 3.95. The highest BCUT2D eigenvalue weighted by atomic mass is 35.5. The summed E-state index contributed by atoms with van der Waals surface area (Å²) in [4.78, 5) is 3.33. The molecule has 0 saturated carbocycles. The topological polar surface area (TPSA) is 59.1 Å². The monoisotopic (exact) mass is 256 g/mol. The van der Waals surface area contributed by atoms with Gasteiger partial charge in [0.1, 0.15) is 10.0 Å². The van der Waals surface area contributed by atoms with E-state index < -0.39 is 23.0 Å². The second-order valence-electron chi connectivity index (χ2n) is 2.56. The molecule has 1 aromatic rings. The van der Waals surface area contributed by atoms with E-state index in [1.807, 2.05) is 0 Å². The fourth-order valence-electron chi connectivity index (χ4n) is 0.777. The molecule has 0 bridgehead atoms. The standard InChI is InChI=1S/C7H7ClF2N2O2S/c8-6-2-1-5(3-11-6)15(13,14)12-4-7(9)10/h1-3,7,12H,4H2. The Hall–Kier alpha value is -0.790. The summed E-state index contributed by atoms with van der Waals surface area (Å²) in [6.07, 6.45) is -1.74. The Morgan fingerprint density at radius 1 is 1.47 bits per heavy atom. The van der Waals surface area contributed by atoms with Gasteiger partial charge in [-0.15, -0.1) is 0 Å². The second-order valence-corrected chi connectivity index (χ2v) is 4.71. The number of aromatic nitrogens is 1. The zero-order valence-electron chi connectivity index (χ0n) is 7.32. The van der Waals surface area contributed by atoms with Crippen LogP contribution < -0.4 is 4.72 Å². The number of hydrogen-bond donors (Lipinski definition) is 1. The zero-order chi connectivity index (χ0) is 11.5. The summed E-state index contributed by atoms with van der Waals surface area (Å²) in [5, 5.41) is 0.128. The molecule has 1 aromatic heterocycles. The third kappa shape index (κ3) is 3.69. The van der Waals surface area contributed by atoms with E-state index in [0.29, 0.717) is 0 Å². The molecule has 1 heterocycles. The van der Waals surface area contributed by atoms with E-state index in [4.69, 9.17) is 11.6 Å². The molecule has 1 rings (SSSR count). The summed E-state index contributed by atoms with van der Waals surface area (Å²) in [5.41, 5.74) is 0. The lowest BCUT2D eigenvalue weighted by atomic mass is 10.5. The number of nitrogens with zero attached hydrogens (tertiary/aromatic N) is 1. The summed E-state index contributed by atoms with van der Waals surface area (Å²) in [7, 11) is -3.92. The third-order valence-corrected chi connectivity index (χ3v) is 3.07. The lowest BCUT2D eigenvalue weighted by Crippen LogP contribution is -2.28. The first kappa shape index (κ1) is 12.3. The molecule has 0 atom stereocenters. The van der Waals surface area contributed by atoms with E-state index in [9.17, 15) is 17.2 Å². The molecule has 1 N–H and O–H groups in total. The maximum atomic E-state index is 11.8. The first-order valence-corrected chi connectivity index (χ1v) is 5.67. The smallest absolute Gasteiger partial charge is 0.243 e. The van der Waals surface area contributed by atoms with Gasteiger partial charge in [0.05, 0.1) is 6.54 Å². The van der Waals surface area contributed by atoms with Crippen molar-refractivity contribution in [3.8, 4) is 0 Å². The molecule has 0 aliphatic rings. The van der Waals surface area contributed by atoms with Crippen LogP contribution in [0.15, 0.2) is 23.2 Å². The number of hydrogen-bond acceptors (Lipinski definition) is 3. The van der Waals surface area contributed by atoms with Crippen LogP contribution in [0.4, 0.5) is 8.78 Å². The van der Waals surface area contributed by atoms with Crippen molar-refractivity contribution in [2.75, 3.05) is 6.54 Å². The quantitative estimate of drug-likeness (QED) is 0.826. The van der Waals surface area contributed by atoms with Crippen molar-refractivity contribution in [3.63, 3.8) is 0 Å². The normalized spacial score (nSPS) is 12.0. The fourth-order valence-corrected chi connectivity index (χ4v) is 1.84. The Morgan fingerprint density at radius 3 is 2.60 bits per heavy atom. The maximum absolute atomic E-state index is 11.8. The molecular formula is C7H7ClF2N2O2S. The van der Waals surface area contributed by atoms with Gasteiger partial charge < -0.3 is 0 Å². The molecule has 0 saturated heterocycles. The Bertz CT molecular complexity index is 421. The van der Waals surface area contributed by atoms with E-state index in [0.717, 1.165) is 6.20 Å². The first-order chi connectivity index (χ1) is 6.92. The molecule has 0 aliphatic carbocycles. The molecule has 0 fully saturated rings. The summed E-state index contributed by atoms with van der Waals surface area (Å²) in [5.74, 6) is 0. The average molecular weight is 257 g/mol. The lowest BCUT2D eigenvalue weighted by molar-refractivity contribution is 0.153. The van der Waals surface area contributed by atoms with Crippen molar-refractivity contribution < 1.29 is 17.2 Å². The molecule has 0 aromatic carbocycles. The van der Waals surface area contributed by atoms with Crippen LogP contribution in [-0.2, 0) is 10.0 Å². The van der Waals surface area contributed by atoms with E-state index in [-0.39, 0.29) is 10.0 Å². The van der Waals surface area contributed by atoms with Crippen molar-refractivity contribution in [2.45, 2.75) is 11.3 Å². The lowest BCUT2D eigenvalue weighted by Gasteiger charge is -2.05. The van der Waals surface area contributed by atoms with Crippen LogP contribution in [0.3, 0.4) is 0 Å². The third-order valence-electron chi connectivity index (χ3n) is 1.44. The predicted molar refractivity (Wildman–Crippen MR) is 50.4 cm³/mol. The fraction of sp³-hybridized carbons (Fsp3) is 0.286. The van der Waals surface area contributed by atoms with Gasteiger partial charge in [0.15, 0.2) is 0 Å². The Labute approximate surface area is 90.3 Å². The van der Waals surface area contributed by atoms with E-state index in [1.54, 1.807) is 4.72 Å². The number of nitrogens with one attached hydrogen (secondary N) is 1. The van der Waals surface area contributed by atoms with Crippen LogP contribution in [0.2, 0.25) is 5.15 Å². The molecule has 0 unspecified atom stereocenters. The van der Waals surface area contributed by atoms with Crippen LogP contribution in [0.5, 0.6) is 0 Å². The van der Waals surface area contributed by atoms with Crippen LogP contribution in [0.25, 0.3) is 0 Å². The SMILES string of the molecule is O=S(=O)(NCC(F)F)c1ccc(Cl)nc1. The van der Waals surface area contributed by atoms with Gasteiger partial charge >= 0.3 is 0 Å². The van der Waals surface area contributed by atoms with Gasteiger partial charge in [0.2, 0.25) is 10.0 Å². The van der Waals surface area contributed by atoms with Crippen molar-refractivity contribution in [1.29, 1.82) is 0 Å². The van der Waals surface area contributed by atoms with Crippen molar-refractivity contribution in [2.24, 2.45) is 0 Å². The first-order valence-electron chi connectivity index (χ1n) is 3.81. The summed E-state index contributed by atoms with van der Waals surface area (Å²) in [6.45, 7) is -0.926. The zero-order valence-corrected chi connectivity index (χ0v) is 8.89. The summed E-state index contributed by atoms with van der Waals surface area (Å²) >= 11 is 5.44. The average Bonchev–Trinajstić information content (AvgIpc) is 2.16. The molecule has 0 spiro atoms. The highest BCUT2D eigenvalue weighted by molar-refractivity contribution is 7.89. The predicted octanol–water partition coefficient (Wildman–Crippen LogP) is 1.28. The van der Waals surface area contributed by atoms with Crippen molar-refractivity contribution in [1.82, 2.24) is 9.71 Å². The van der Waals surface area contributed by atoms with Gasteiger partial charge in [-0.25, -0.2) is 26.9 Å². The van der Waals surface area contributed by atoms with Gasteiger partial charge in [-0.2, -0.15) is 0 Å². The highest BCUT2D eigenvalue weighted by Crippen LogP contribution is 2.10. The number of rotatable bonds is 4. The van der Waals surface area contributed by atoms with Gasteiger partial charge in [0.25, 0.3) is 6.43 Å². The van der Waals surface area contributed by atoms with E-state index >= 15 is 0 Å². The molecular weight excluding hydrogens is 250 g/mol. The van der Waals surface area contributed by atoms with Gasteiger partial charge in [0, 0.05) is 6.20 Å². The highest BCUT2D eigenvalue weighted by Gasteiger charge is 2.16. The number of sulfonamides is 1. The molecule has 4 nitrogen and oxygen atoms in total. The molecule has 8 heteroatoms. The van der Waals surface area contributed by atoms with Gasteiger partial charge in [-0.05, 0) is 12.1 Å². The minimum Gasteiger partial charge on any atom is -0.243 e. The largest absolute Gasteiger partial charge is 0.251 e. The Balaban J connectivity index is 2.82. The van der Waals surface area contributed by atoms with Crippen LogP contribution >= 0.6 is 11.6 Å². The van der Waals surface area contributed by atoms with E-state index in [2.05, 4.69) is 4.98 Å². The molecule has 0 aliphatic heterocycles. The number of pyridine rings is 1. The van der Waals surface area contributed by atoms with Crippen molar-refractivity contribution in [3.05, 3.63) is 23.5 Å². The molecule has 0 radical (unpaired) electrons. The van der Waals surface area contributed by atoms with Crippen molar-refractivity contribution >= 4 is 21.6 Å². The van der Waals surface area contributed by atoms with Gasteiger partial charge in [-0.3, -0.25) is 0 Å². The van der Waals surface area contributed by atoms with Crippen LogP contribution in [0.1, 0.15) is 0 Å². The van der Waals surface area contributed by atoms with Crippen LogP contribution in [-0.4, -0.2) is 26.4 Å². The Morgan fingerprint density at radius 2 is 2.13 bits per heavy atom. The molecule has 84 valence electrons. The number of alkyl halides is 2. The van der Waals surface area contributed by atoms with Crippen LogP contribution in [0, 0.1) is 0 Å². The minimum atomic E-state index is -3.92. The van der Waals surface area contributed by atoms with E-state index in [1.165, 1.54) is 12.1 Å². The second kappa shape index (κ2) is 4.82. The molecule has 0 amide bonds. The maximum Gasteiger partial charge on any atom is 0.251 e.